The molecular formula is C9H12OS2. The Hall–Kier alpha value is -0.280. The van der Waals surface area contributed by atoms with Crippen molar-refractivity contribution in [1.82, 2.24) is 0 Å². The first-order chi connectivity index (χ1) is 5.70. The standard InChI is InChI=1S/C9H12OS2/c10-8-4-2-1-3-7(8)5-6-9(11)12/h1-4,9-12H,5-6H2. The maximum atomic E-state index is 9.37. The molecule has 0 amide bonds. The van der Waals surface area contributed by atoms with Crippen LogP contribution in [-0.4, -0.2) is 9.69 Å². The lowest BCUT2D eigenvalue weighted by atomic mass is 10.1. The fraction of sp³-hybridized carbons (Fsp3) is 0.333. The second-order valence-electron chi connectivity index (χ2n) is 2.65. The van der Waals surface area contributed by atoms with Gasteiger partial charge >= 0.3 is 0 Å². The quantitative estimate of drug-likeness (QED) is 0.506. The maximum absolute atomic E-state index is 9.37. The Morgan fingerprint density at radius 2 is 1.92 bits per heavy atom. The summed E-state index contributed by atoms with van der Waals surface area (Å²) >= 11 is 8.29. The normalized spacial score (nSPS) is 10.6. The fourth-order valence-electron chi connectivity index (χ4n) is 1.01. The van der Waals surface area contributed by atoms with Crippen molar-refractivity contribution < 1.29 is 5.11 Å². The van der Waals surface area contributed by atoms with Crippen molar-refractivity contribution >= 4 is 25.3 Å². The molecule has 66 valence electrons. The number of rotatable bonds is 3. The van der Waals surface area contributed by atoms with Gasteiger partial charge in [0.25, 0.3) is 0 Å². The smallest absolute Gasteiger partial charge is 0.118 e. The third kappa shape index (κ3) is 2.99. The van der Waals surface area contributed by atoms with Gasteiger partial charge in [-0.2, -0.15) is 25.3 Å². The summed E-state index contributed by atoms with van der Waals surface area (Å²) in [6.45, 7) is 0. The Labute approximate surface area is 83.6 Å². The van der Waals surface area contributed by atoms with Gasteiger partial charge in [0, 0.05) is 4.58 Å². The summed E-state index contributed by atoms with van der Waals surface area (Å²) in [5, 5.41) is 9.37. The van der Waals surface area contributed by atoms with Gasteiger partial charge in [0.1, 0.15) is 5.75 Å². The highest BCUT2D eigenvalue weighted by Crippen LogP contribution is 2.19. The lowest BCUT2D eigenvalue weighted by Crippen LogP contribution is -1.92. The summed E-state index contributed by atoms with van der Waals surface area (Å²) in [7, 11) is 0. The van der Waals surface area contributed by atoms with Crippen LogP contribution in [0.5, 0.6) is 5.75 Å². The minimum absolute atomic E-state index is 0.0876. The van der Waals surface area contributed by atoms with E-state index in [0.717, 1.165) is 18.4 Å². The van der Waals surface area contributed by atoms with Gasteiger partial charge in [0.2, 0.25) is 0 Å². The van der Waals surface area contributed by atoms with E-state index < -0.39 is 0 Å². The van der Waals surface area contributed by atoms with Crippen molar-refractivity contribution in [3.8, 4) is 5.75 Å². The molecule has 0 fully saturated rings. The number of hydrogen-bond acceptors (Lipinski definition) is 3. The largest absolute Gasteiger partial charge is 0.508 e. The molecule has 1 aromatic rings. The van der Waals surface area contributed by atoms with Crippen molar-refractivity contribution in [2.75, 3.05) is 0 Å². The fourth-order valence-corrected chi connectivity index (χ4v) is 1.27. The van der Waals surface area contributed by atoms with Gasteiger partial charge in [-0.1, -0.05) is 18.2 Å². The van der Waals surface area contributed by atoms with E-state index in [4.69, 9.17) is 0 Å². The van der Waals surface area contributed by atoms with Crippen LogP contribution < -0.4 is 0 Å². The minimum atomic E-state index is 0.0876. The van der Waals surface area contributed by atoms with Crippen LogP contribution in [0, 0.1) is 0 Å². The highest BCUT2D eigenvalue weighted by Gasteiger charge is 2.01. The van der Waals surface area contributed by atoms with Crippen LogP contribution in [0.4, 0.5) is 0 Å². The Balaban J connectivity index is 2.57. The van der Waals surface area contributed by atoms with Gasteiger partial charge < -0.3 is 5.11 Å². The number of benzene rings is 1. The first-order valence-electron chi connectivity index (χ1n) is 3.83. The van der Waals surface area contributed by atoms with Gasteiger partial charge in [-0.25, -0.2) is 0 Å². The Morgan fingerprint density at radius 3 is 2.50 bits per heavy atom. The van der Waals surface area contributed by atoms with Crippen molar-refractivity contribution in [1.29, 1.82) is 0 Å². The number of thiol groups is 2. The van der Waals surface area contributed by atoms with Crippen molar-refractivity contribution in [2.24, 2.45) is 0 Å². The molecule has 0 heterocycles. The summed E-state index contributed by atoms with van der Waals surface area (Å²) in [5.74, 6) is 0.361. The number of aryl methyl sites for hydroxylation is 1. The van der Waals surface area contributed by atoms with Gasteiger partial charge in [0.05, 0.1) is 0 Å². The monoisotopic (exact) mass is 200 g/mol. The van der Waals surface area contributed by atoms with Crippen molar-refractivity contribution in [2.45, 2.75) is 17.4 Å². The number of phenolic OH excluding ortho intramolecular Hbond substituents is 1. The Morgan fingerprint density at radius 1 is 1.25 bits per heavy atom. The molecule has 0 atom stereocenters. The average Bonchev–Trinajstić information content (AvgIpc) is 2.03. The molecule has 0 spiro atoms. The molecule has 0 aromatic heterocycles. The molecule has 0 radical (unpaired) electrons. The van der Waals surface area contributed by atoms with E-state index in [0.29, 0.717) is 5.75 Å². The molecule has 1 N–H and O–H groups in total. The van der Waals surface area contributed by atoms with Crippen LogP contribution in [0.15, 0.2) is 24.3 Å². The van der Waals surface area contributed by atoms with E-state index in [1.807, 2.05) is 18.2 Å². The van der Waals surface area contributed by atoms with E-state index in [9.17, 15) is 5.11 Å². The number of hydrogen-bond donors (Lipinski definition) is 3. The number of phenols is 1. The first-order valence-corrected chi connectivity index (χ1v) is 4.86. The zero-order valence-corrected chi connectivity index (χ0v) is 8.43. The minimum Gasteiger partial charge on any atom is -0.508 e. The van der Waals surface area contributed by atoms with Gasteiger partial charge in [0.15, 0.2) is 0 Å². The Bertz CT molecular complexity index is 248. The van der Waals surface area contributed by atoms with Gasteiger partial charge in [-0.05, 0) is 24.5 Å². The van der Waals surface area contributed by atoms with Crippen LogP contribution >= 0.6 is 25.3 Å². The van der Waals surface area contributed by atoms with E-state index in [2.05, 4.69) is 25.3 Å². The predicted molar refractivity (Wildman–Crippen MR) is 58.2 cm³/mol. The van der Waals surface area contributed by atoms with Crippen LogP contribution in [0.25, 0.3) is 0 Å². The van der Waals surface area contributed by atoms with Crippen LogP contribution in [-0.2, 0) is 6.42 Å². The van der Waals surface area contributed by atoms with E-state index in [1.54, 1.807) is 6.07 Å². The topological polar surface area (TPSA) is 20.2 Å². The van der Waals surface area contributed by atoms with E-state index in [-0.39, 0.29) is 4.58 Å². The van der Waals surface area contributed by atoms with E-state index in [1.165, 1.54) is 0 Å². The summed E-state index contributed by atoms with van der Waals surface area (Å²) in [5.41, 5.74) is 0.964. The zero-order chi connectivity index (χ0) is 8.97. The molecule has 0 bridgehead atoms. The SMILES string of the molecule is Oc1ccccc1CCC(S)S. The number of para-hydroxylation sites is 1. The predicted octanol–water partition coefficient (Wildman–Crippen LogP) is 2.51. The molecule has 0 saturated carbocycles. The molecule has 1 rings (SSSR count). The zero-order valence-electron chi connectivity index (χ0n) is 6.64. The van der Waals surface area contributed by atoms with Crippen LogP contribution in [0.2, 0.25) is 0 Å². The summed E-state index contributed by atoms with van der Waals surface area (Å²) < 4.78 is 0.0876. The first kappa shape index (κ1) is 9.81. The molecule has 0 unspecified atom stereocenters. The third-order valence-corrected chi connectivity index (χ3v) is 2.18. The second-order valence-corrected chi connectivity index (χ2v) is 4.30. The Kier molecular flexibility index (Phi) is 3.82. The number of aromatic hydroxyl groups is 1. The summed E-state index contributed by atoms with van der Waals surface area (Å²) in [6.07, 6.45) is 1.69. The molecule has 1 nitrogen and oxygen atoms in total. The van der Waals surface area contributed by atoms with Crippen molar-refractivity contribution in [3.63, 3.8) is 0 Å². The molecular weight excluding hydrogens is 188 g/mol. The molecule has 3 heteroatoms. The van der Waals surface area contributed by atoms with Gasteiger partial charge in [-0.15, -0.1) is 0 Å². The molecule has 0 aliphatic heterocycles. The van der Waals surface area contributed by atoms with E-state index >= 15 is 0 Å². The lowest BCUT2D eigenvalue weighted by molar-refractivity contribution is 0.467. The highest BCUT2D eigenvalue weighted by atomic mass is 32.2. The summed E-state index contributed by atoms with van der Waals surface area (Å²) in [4.78, 5) is 0. The van der Waals surface area contributed by atoms with Gasteiger partial charge in [-0.3, -0.25) is 0 Å². The molecule has 0 aliphatic rings. The molecule has 0 aliphatic carbocycles. The lowest BCUT2D eigenvalue weighted by Gasteiger charge is -2.04. The molecule has 1 aromatic carbocycles. The highest BCUT2D eigenvalue weighted by molar-refractivity contribution is 7.99. The second kappa shape index (κ2) is 4.67. The summed E-state index contributed by atoms with van der Waals surface area (Å²) in [6, 6.07) is 7.35. The third-order valence-electron chi connectivity index (χ3n) is 1.66. The van der Waals surface area contributed by atoms with Crippen LogP contribution in [0.3, 0.4) is 0 Å². The van der Waals surface area contributed by atoms with Crippen molar-refractivity contribution in [3.05, 3.63) is 29.8 Å². The van der Waals surface area contributed by atoms with Crippen LogP contribution in [0.1, 0.15) is 12.0 Å². The average molecular weight is 200 g/mol. The maximum Gasteiger partial charge on any atom is 0.118 e. The molecule has 12 heavy (non-hydrogen) atoms. The molecule has 0 saturated heterocycles.